The van der Waals surface area contributed by atoms with Crippen LogP contribution in [-0.4, -0.2) is 11.9 Å². The van der Waals surface area contributed by atoms with Gasteiger partial charge in [-0.15, -0.1) is 0 Å². The van der Waals surface area contributed by atoms with Gasteiger partial charge in [0.2, 0.25) is 0 Å². The molecule has 2 heteroatoms. The Hall–Kier alpha value is -1.31. The number of hydrogen-bond acceptors (Lipinski definition) is 2. The fourth-order valence-electron chi connectivity index (χ4n) is 1.68. The molecule has 1 aliphatic rings. The van der Waals surface area contributed by atoms with E-state index < -0.39 is 0 Å². The summed E-state index contributed by atoms with van der Waals surface area (Å²) >= 11 is 0. The third kappa shape index (κ3) is 1.44. The van der Waals surface area contributed by atoms with Crippen LogP contribution in [0.25, 0.3) is 0 Å². The van der Waals surface area contributed by atoms with Crippen molar-refractivity contribution in [3.63, 3.8) is 0 Å². The van der Waals surface area contributed by atoms with E-state index in [0.717, 1.165) is 0 Å². The highest BCUT2D eigenvalue weighted by Gasteiger charge is 2.32. The largest absolute Gasteiger partial charge is 0.369 e. The molecule has 0 aromatic heterocycles. The Kier molecular flexibility index (Phi) is 1.83. The van der Waals surface area contributed by atoms with Gasteiger partial charge in [0, 0.05) is 0 Å². The molecule has 1 heterocycles. The van der Waals surface area contributed by atoms with Crippen LogP contribution < -0.4 is 5.32 Å². The standard InChI is InChI=1S/C11H14N2/c1-11(2)10(12-8-13-11)9-6-4-3-5-7-9/h3-8,10H,1-2H3,(H,12,13). The average molecular weight is 174 g/mol. The van der Waals surface area contributed by atoms with Gasteiger partial charge in [-0.05, 0) is 19.4 Å². The molecule has 13 heavy (non-hydrogen) atoms. The van der Waals surface area contributed by atoms with Crippen LogP contribution in [0.15, 0.2) is 35.3 Å². The Balaban J connectivity index is 2.32. The lowest BCUT2D eigenvalue weighted by atomic mass is 9.90. The Morgan fingerprint density at radius 2 is 1.92 bits per heavy atom. The van der Waals surface area contributed by atoms with Crippen molar-refractivity contribution in [3.05, 3.63) is 35.9 Å². The lowest BCUT2D eigenvalue weighted by Crippen LogP contribution is -2.37. The summed E-state index contributed by atoms with van der Waals surface area (Å²) in [6.45, 7) is 4.33. The molecule has 2 nitrogen and oxygen atoms in total. The van der Waals surface area contributed by atoms with Crippen molar-refractivity contribution in [2.24, 2.45) is 4.99 Å². The van der Waals surface area contributed by atoms with Crippen molar-refractivity contribution in [2.75, 3.05) is 0 Å². The van der Waals surface area contributed by atoms with Crippen LogP contribution in [0.2, 0.25) is 0 Å². The van der Waals surface area contributed by atoms with Gasteiger partial charge in [0.05, 0.1) is 17.9 Å². The van der Waals surface area contributed by atoms with Crippen LogP contribution in [-0.2, 0) is 0 Å². The highest BCUT2D eigenvalue weighted by molar-refractivity contribution is 5.60. The molecule has 68 valence electrons. The molecular weight excluding hydrogens is 160 g/mol. The van der Waals surface area contributed by atoms with Crippen LogP contribution in [0.3, 0.4) is 0 Å². The Bertz CT molecular complexity index is 314. The fourth-order valence-corrected chi connectivity index (χ4v) is 1.68. The van der Waals surface area contributed by atoms with E-state index in [2.05, 4.69) is 48.4 Å². The summed E-state index contributed by atoms with van der Waals surface area (Å²) in [6.07, 6.45) is 1.80. The van der Waals surface area contributed by atoms with Crippen molar-refractivity contribution in [1.82, 2.24) is 5.32 Å². The molecule has 0 saturated heterocycles. The molecule has 0 aliphatic carbocycles. The summed E-state index contributed by atoms with van der Waals surface area (Å²) in [5, 5.41) is 3.25. The topological polar surface area (TPSA) is 24.4 Å². The van der Waals surface area contributed by atoms with Crippen molar-refractivity contribution < 1.29 is 0 Å². The van der Waals surface area contributed by atoms with E-state index in [9.17, 15) is 0 Å². The van der Waals surface area contributed by atoms with E-state index in [1.54, 1.807) is 6.34 Å². The predicted octanol–water partition coefficient (Wildman–Crippen LogP) is 2.14. The van der Waals surface area contributed by atoms with E-state index in [0.29, 0.717) is 0 Å². The number of hydrogen-bond donors (Lipinski definition) is 1. The van der Waals surface area contributed by atoms with Gasteiger partial charge in [-0.1, -0.05) is 30.3 Å². The molecule has 1 aliphatic heterocycles. The fraction of sp³-hybridized carbons (Fsp3) is 0.364. The zero-order valence-electron chi connectivity index (χ0n) is 7.99. The second-order valence-electron chi connectivity index (χ2n) is 3.96. The molecule has 2 rings (SSSR count). The van der Waals surface area contributed by atoms with E-state index in [4.69, 9.17) is 0 Å². The minimum Gasteiger partial charge on any atom is -0.369 e. The zero-order valence-corrected chi connectivity index (χ0v) is 7.99. The molecule has 1 N–H and O–H groups in total. The molecule has 1 atom stereocenters. The first-order chi connectivity index (χ1) is 6.20. The second-order valence-corrected chi connectivity index (χ2v) is 3.96. The highest BCUT2D eigenvalue weighted by Crippen LogP contribution is 2.31. The van der Waals surface area contributed by atoms with Crippen LogP contribution in [0.5, 0.6) is 0 Å². The third-order valence-corrected chi connectivity index (χ3v) is 2.46. The number of aliphatic imine (C=N–C) groups is 1. The Morgan fingerprint density at radius 1 is 1.23 bits per heavy atom. The molecule has 0 amide bonds. The smallest absolute Gasteiger partial charge is 0.0990 e. The molecule has 0 spiro atoms. The summed E-state index contributed by atoms with van der Waals surface area (Å²) in [7, 11) is 0. The van der Waals surface area contributed by atoms with E-state index in [1.807, 2.05) is 6.07 Å². The first-order valence-corrected chi connectivity index (χ1v) is 4.54. The van der Waals surface area contributed by atoms with Gasteiger partial charge < -0.3 is 5.32 Å². The molecule has 1 aromatic carbocycles. The highest BCUT2D eigenvalue weighted by atomic mass is 15.1. The monoisotopic (exact) mass is 174 g/mol. The van der Waals surface area contributed by atoms with Gasteiger partial charge in [-0.2, -0.15) is 0 Å². The summed E-state index contributed by atoms with van der Waals surface area (Å²) in [6, 6.07) is 10.6. The SMILES string of the molecule is CC1(C)NC=NC1c1ccccc1. The molecule has 1 unspecified atom stereocenters. The van der Waals surface area contributed by atoms with Gasteiger partial charge >= 0.3 is 0 Å². The molecule has 0 saturated carbocycles. The van der Waals surface area contributed by atoms with Gasteiger partial charge in [-0.3, -0.25) is 4.99 Å². The van der Waals surface area contributed by atoms with Crippen LogP contribution >= 0.6 is 0 Å². The van der Waals surface area contributed by atoms with Crippen molar-refractivity contribution in [1.29, 1.82) is 0 Å². The molecule has 1 aromatic rings. The van der Waals surface area contributed by atoms with E-state index >= 15 is 0 Å². The number of rotatable bonds is 1. The number of nitrogens with one attached hydrogen (secondary N) is 1. The van der Waals surface area contributed by atoms with Crippen LogP contribution in [0.4, 0.5) is 0 Å². The third-order valence-electron chi connectivity index (χ3n) is 2.46. The Labute approximate surface area is 78.7 Å². The normalized spacial score (nSPS) is 24.3. The average Bonchev–Trinajstić information content (AvgIpc) is 2.47. The summed E-state index contributed by atoms with van der Waals surface area (Å²) < 4.78 is 0. The zero-order chi connectivity index (χ0) is 9.31. The quantitative estimate of drug-likeness (QED) is 0.693. The number of benzene rings is 1. The predicted molar refractivity (Wildman–Crippen MR) is 54.9 cm³/mol. The van der Waals surface area contributed by atoms with Gasteiger partial charge in [0.15, 0.2) is 0 Å². The first kappa shape index (κ1) is 8.30. The van der Waals surface area contributed by atoms with Crippen molar-refractivity contribution in [2.45, 2.75) is 25.4 Å². The van der Waals surface area contributed by atoms with Gasteiger partial charge in [-0.25, -0.2) is 0 Å². The van der Waals surface area contributed by atoms with Gasteiger partial charge in [0.25, 0.3) is 0 Å². The lowest BCUT2D eigenvalue weighted by Gasteiger charge is -2.26. The maximum atomic E-state index is 4.42. The van der Waals surface area contributed by atoms with E-state index in [-0.39, 0.29) is 11.6 Å². The van der Waals surface area contributed by atoms with Crippen molar-refractivity contribution >= 4 is 6.34 Å². The molecule has 0 fully saturated rings. The first-order valence-electron chi connectivity index (χ1n) is 4.54. The van der Waals surface area contributed by atoms with Crippen molar-refractivity contribution in [3.8, 4) is 0 Å². The van der Waals surface area contributed by atoms with E-state index in [1.165, 1.54) is 5.56 Å². The second kappa shape index (κ2) is 2.87. The summed E-state index contributed by atoms with van der Waals surface area (Å²) in [5.41, 5.74) is 1.32. The lowest BCUT2D eigenvalue weighted by molar-refractivity contribution is 0.412. The molecule has 0 radical (unpaired) electrons. The van der Waals surface area contributed by atoms with Crippen LogP contribution in [0.1, 0.15) is 25.5 Å². The molecule has 0 bridgehead atoms. The minimum atomic E-state index is 0.0430. The minimum absolute atomic E-state index is 0.0430. The summed E-state index contributed by atoms with van der Waals surface area (Å²) in [5.74, 6) is 0. The summed E-state index contributed by atoms with van der Waals surface area (Å²) in [4.78, 5) is 4.42. The maximum Gasteiger partial charge on any atom is 0.0990 e. The van der Waals surface area contributed by atoms with Crippen LogP contribution in [0, 0.1) is 0 Å². The Morgan fingerprint density at radius 3 is 2.46 bits per heavy atom. The van der Waals surface area contributed by atoms with Gasteiger partial charge in [0.1, 0.15) is 0 Å². The molecular formula is C11H14N2. The maximum absolute atomic E-state index is 4.42. The number of nitrogens with zero attached hydrogens (tertiary/aromatic N) is 1.